The van der Waals surface area contributed by atoms with Crippen molar-refractivity contribution in [3.8, 4) is 6.07 Å². The molecule has 1 saturated carbocycles. The molecule has 0 amide bonds. The third-order valence-electron chi connectivity index (χ3n) is 4.00. The van der Waals surface area contributed by atoms with Crippen molar-refractivity contribution >= 4 is 10.0 Å². The van der Waals surface area contributed by atoms with E-state index in [1.807, 2.05) is 6.07 Å². The Balaban J connectivity index is 2.15. The first kappa shape index (κ1) is 16.0. The normalized spacial score (nSPS) is 23.0. The van der Waals surface area contributed by atoms with Crippen LogP contribution in [0.5, 0.6) is 0 Å². The number of aliphatic hydroxyl groups is 1. The van der Waals surface area contributed by atoms with E-state index in [4.69, 9.17) is 5.26 Å². The first-order valence-corrected chi connectivity index (χ1v) is 8.68. The molecular formula is C15H20N2O3S. The van der Waals surface area contributed by atoms with E-state index < -0.39 is 16.1 Å². The zero-order valence-corrected chi connectivity index (χ0v) is 12.9. The number of nitrogens with zero attached hydrogens (tertiary/aromatic N) is 2. The topological polar surface area (TPSA) is 81.4 Å². The quantitative estimate of drug-likeness (QED) is 0.916. The molecule has 1 aromatic rings. The van der Waals surface area contributed by atoms with Crippen molar-refractivity contribution in [1.82, 2.24) is 4.31 Å². The molecule has 1 aliphatic carbocycles. The van der Waals surface area contributed by atoms with Crippen LogP contribution >= 0.6 is 0 Å². The standard InChI is InChI=1S/C15H20N2O3S/c1-17(14-7-2-3-8-15(14)18)21(19,20)11-13-6-4-5-12(9-13)10-16/h4-6,9,14-15,18H,2-3,7-8,11H2,1H3. The van der Waals surface area contributed by atoms with Gasteiger partial charge in [0.2, 0.25) is 10.0 Å². The summed E-state index contributed by atoms with van der Waals surface area (Å²) in [7, 11) is -1.98. The largest absolute Gasteiger partial charge is 0.391 e. The molecule has 6 heteroatoms. The average molecular weight is 308 g/mol. The number of nitriles is 1. The number of aliphatic hydroxyl groups excluding tert-OH is 1. The minimum absolute atomic E-state index is 0.151. The second kappa shape index (κ2) is 6.56. The second-order valence-corrected chi connectivity index (χ2v) is 7.53. The van der Waals surface area contributed by atoms with Crippen molar-refractivity contribution in [2.24, 2.45) is 0 Å². The zero-order valence-electron chi connectivity index (χ0n) is 12.1. The number of rotatable bonds is 4. The van der Waals surface area contributed by atoms with Crippen molar-refractivity contribution in [2.75, 3.05) is 7.05 Å². The lowest BCUT2D eigenvalue weighted by molar-refractivity contribution is 0.0637. The number of hydrogen-bond acceptors (Lipinski definition) is 4. The summed E-state index contributed by atoms with van der Waals surface area (Å²) in [5, 5.41) is 18.9. The molecule has 0 aliphatic heterocycles. The van der Waals surface area contributed by atoms with E-state index >= 15 is 0 Å². The van der Waals surface area contributed by atoms with Gasteiger partial charge in [0.1, 0.15) is 0 Å². The van der Waals surface area contributed by atoms with Crippen molar-refractivity contribution in [3.05, 3.63) is 35.4 Å². The van der Waals surface area contributed by atoms with Gasteiger partial charge < -0.3 is 5.11 Å². The van der Waals surface area contributed by atoms with Crippen LogP contribution in [0.2, 0.25) is 0 Å². The van der Waals surface area contributed by atoms with E-state index in [9.17, 15) is 13.5 Å². The van der Waals surface area contributed by atoms with Gasteiger partial charge in [0.15, 0.2) is 0 Å². The van der Waals surface area contributed by atoms with Crippen LogP contribution in [0.4, 0.5) is 0 Å². The van der Waals surface area contributed by atoms with E-state index in [1.165, 1.54) is 11.4 Å². The van der Waals surface area contributed by atoms with Crippen LogP contribution in [0.1, 0.15) is 36.8 Å². The van der Waals surface area contributed by atoms with Crippen LogP contribution in [0, 0.1) is 11.3 Å². The fourth-order valence-corrected chi connectivity index (χ4v) is 4.23. The molecule has 0 bridgehead atoms. The summed E-state index contributed by atoms with van der Waals surface area (Å²) in [5.74, 6) is -0.151. The van der Waals surface area contributed by atoms with Gasteiger partial charge in [-0.05, 0) is 30.5 Å². The Hall–Kier alpha value is -1.42. The van der Waals surface area contributed by atoms with Crippen molar-refractivity contribution in [3.63, 3.8) is 0 Å². The summed E-state index contributed by atoms with van der Waals surface area (Å²) in [5.41, 5.74) is 1.04. The molecule has 2 atom stereocenters. The minimum Gasteiger partial charge on any atom is -0.391 e. The highest BCUT2D eigenvalue weighted by atomic mass is 32.2. The number of likely N-dealkylation sites (N-methyl/N-ethyl adjacent to an activating group) is 1. The van der Waals surface area contributed by atoms with Gasteiger partial charge in [-0.1, -0.05) is 25.0 Å². The molecule has 1 aromatic carbocycles. The second-order valence-electron chi connectivity index (χ2n) is 5.50. The Labute approximate surface area is 125 Å². The fourth-order valence-electron chi connectivity index (χ4n) is 2.77. The minimum atomic E-state index is -3.51. The summed E-state index contributed by atoms with van der Waals surface area (Å²) >= 11 is 0. The third-order valence-corrected chi connectivity index (χ3v) is 5.85. The van der Waals surface area contributed by atoms with Crippen molar-refractivity contribution in [2.45, 2.75) is 43.6 Å². The zero-order chi connectivity index (χ0) is 15.5. The number of hydrogen-bond donors (Lipinski definition) is 1. The van der Waals surface area contributed by atoms with E-state index in [1.54, 1.807) is 24.3 Å². The predicted octanol–water partition coefficient (Wildman–Crippen LogP) is 1.62. The lowest BCUT2D eigenvalue weighted by Gasteiger charge is -2.34. The molecule has 0 spiro atoms. The van der Waals surface area contributed by atoms with Crippen molar-refractivity contribution in [1.29, 1.82) is 5.26 Å². The van der Waals surface area contributed by atoms with Gasteiger partial charge in [-0.2, -0.15) is 9.57 Å². The Kier molecular flexibility index (Phi) is 4.99. The van der Waals surface area contributed by atoms with Gasteiger partial charge in [-0.25, -0.2) is 8.42 Å². The van der Waals surface area contributed by atoms with Gasteiger partial charge in [-0.3, -0.25) is 0 Å². The molecule has 0 radical (unpaired) electrons. The molecule has 0 aromatic heterocycles. The highest BCUT2D eigenvalue weighted by Gasteiger charge is 2.33. The van der Waals surface area contributed by atoms with E-state index in [0.717, 1.165) is 12.8 Å². The molecule has 0 saturated heterocycles. The molecular weight excluding hydrogens is 288 g/mol. The highest BCUT2D eigenvalue weighted by molar-refractivity contribution is 7.88. The summed E-state index contributed by atoms with van der Waals surface area (Å²) in [6.45, 7) is 0. The summed E-state index contributed by atoms with van der Waals surface area (Å²) in [6.07, 6.45) is 2.62. The Morgan fingerprint density at radius 1 is 1.38 bits per heavy atom. The molecule has 114 valence electrons. The number of sulfonamides is 1. The molecule has 21 heavy (non-hydrogen) atoms. The van der Waals surface area contributed by atoms with Gasteiger partial charge in [-0.15, -0.1) is 0 Å². The van der Waals surface area contributed by atoms with Gasteiger partial charge in [0.25, 0.3) is 0 Å². The lowest BCUT2D eigenvalue weighted by atomic mass is 9.93. The van der Waals surface area contributed by atoms with Crippen LogP contribution < -0.4 is 0 Å². The van der Waals surface area contributed by atoms with E-state index in [2.05, 4.69) is 0 Å². The molecule has 2 rings (SSSR count). The summed E-state index contributed by atoms with van der Waals surface area (Å²) < 4.78 is 26.3. The third kappa shape index (κ3) is 3.82. The SMILES string of the molecule is CN(C1CCCCC1O)S(=O)(=O)Cc1cccc(C#N)c1. The van der Waals surface area contributed by atoms with Crippen LogP contribution in [-0.2, 0) is 15.8 Å². The summed E-state index contributed by atoms with van der Waals surface area (Å²) in [4.78, 5) is 0. The van der Waals surface area contributed by atoms with Gasteiger partial charge in [0.05, 0.1) is 29.5 Å². The van der Waals surface area contributed by atoms with Crippen LogP contribution in [0.15, 0.2) is 24.3 Å². The first-order chi connectivity index (χ1) is 9.94. The maximum Gasteiger partial charge on any atom is 0.218 e. The smallest absolute Gasteiger partial charge is 0.218 e. The molecule has 1 fully saturated rings. The molecule has 2 unspecified atom stereocenters. The molecule has 1 N–H and O–H groups in total. The Morgan fingerprint density at radius 2 is 2.10 bits per heavy atom. The van der Waals surface area contributed by atoms with E-state index in [-0.39, 0.29) is 11.8 Å². The number of benzene rings is 1. The monoisotopic (exact) mass is 308 g/mol. The van der Waals surface area contributed by atoms with Gasteiger partial charge >= 0.3 is 0 Å². The van der Waals surface area contributed by atoms with Crippen LogP contribution in [0.3, 0.4) is 0 Å². The molecule has 1 aliphatic rings. The van der Waals surface area contributed by atoms with E-state index in [0.29, 0.717) is 24.0 Å². The maximum atomic E-state index is 12.5. The molecule has 5 nitrogen and oxygen atoms in total. The average Bonchev–Trinajstić information content (AvgIpc) is 2.47. The van der Waals surface area contributed by atoms with Gasteiger partial charge in [0, 0.05) is 7.05 Å². The van der Waals surface area contributed by atoms with Crippen molar-refractivity contribution < 1.29 is 13.5 Å². The van der Waals surface area contributed by atoms with Crippen LogP contribution in [-0.4, -0.2) is 37.0 Å². The maximum absolute atomic E-state index is 12.5. The first-order valence-electron chi connectivity index (χ1n) is 7.07. The van der Waals surface area contributed by atoms with Crippen LogP contribution in [0.25, 0.3) is 0 Å². The Bertz CT molecular complexity index is 637. The molecule has 0 heterocycles. The summed E-state index contributed by atoms with van der Waals surface area (Å²) in [6, 6.07) is 8.27. The Morgan fingerprint density at radius 3 is 2.76 bits per heavy atom. The predicted molar refractivity (Wildman–Crippen MR) is 79.8 cm³/mol. The highest BCUT2D eigenvalue weighted by Crippen LogP contribution is 2.25. The fraction of sp³-hybridized carbons (Fsp3) is 0.533. The lowest BCUT2D eigenvalue weighted by Crippen LogP contribution is -2.46.